The van der Waals surface area contributed by atoms with Crippen LogP contribution in [-0.2, 0) is 19.8 Å². The molecular weight excluding hydrogens is 398 g/mol. The van der Waals surface area contributed by atoms with Crippen molar-refractivity contribution in [2.24, 2.45) is 0 Å². The molecule has 0 unspecified atom stereocenters. The fourth-order valence-electron chi connectivity index (χ4n) is 2.67. The topological polar surface area (TPSA) is 82.6 Å². The Morgan fingerprint density at radius 1 is 1.15 bits per heavy atom. The average Bonchev–Trinajstić information content (AvgIpc) is 3.29. The molecule has 1 amide bonds. The van der Waals surface area contributed by atoms with E-state index in [9.17, 15) is 4.79 Å². The zero-order valence-electron chi connectivity index (χ0n) is 15.3. The second-order valence-electron chi connectivity index (χ2n) is 6.14. The number of hydrogen-bond donors (Lipinski definition) is 1. The fraction of sp³-hybridized carbons (Fsp3) is 0.412. The van der Waals surface area contributed by atoms with Gasteiger partial charge >= 0.3 is 0 Å². The van der Waals surface area contributed by atoms with Gasteiger partial charge in [-0.1, -0.05) is 0 Å². The van der Waals surface area contributed by atoms with Crippen LogP contribution in [0.15, 0.2) is 22.9 Å². The van der Waals surface area contributed by atoms with E-state index < -0.39 is 0 Å². The lowest BCUT2D eigenvalue weighted by molar-refractivity contribution is 0.0945. The first-order valence-electron chi connectivity index (χ1n) is 8.43. The fourth-order valence-corrected chi connectivity index (χ4v) is 2.96. The monoisotopic (exact) mass is 419 g/mol. The van der Waals surface area contributed by atoms with Crippen LogP contribution in [0.5, 0.6) is 0 Å². The Balaban J connectivity index is 1.64. The van der Waals surface area contributed by atoms with Crippen LogP contribution in [0.2, 0.25) is 0 Å². The van der Waals surface area contributed by atoms with E-state index in [0.717, 1.165) is 33.7 Å². The van der Waals surface area contributed by atoms with Gasteiger partial charge in [0.2, 0.25) is 0 Å². The molecule has 0 aliphatic heterocycles. The maximum atomic E-state index is 12.4. The highest BCUT2D eigenvalue weighted by atomic mass is 79.9. The van der Waals surface area contributed by atoms with Crippen LogP contribution in [0, 0.1) is 20.8 Å². The van der Waals surface area contributed by atoms with Gasteiger partial charge in [-0.3, -0.25) is 14.2 Å². The molecule has 0 aliphatic carbocycles. The summed E-state index contributed by atoms with van der Waals surface area (Å²) < 4.78 is 6.39. The Morgan fingerprint density at radius 2 is 1.92 bits per heavy atom. The van der Waals surface area contributed by atoms with Gasteiger partial charge in [-0.25, -0.2) is 4.68 Å². The third kappa shape index (κ3) is 3.72. The molecule has 138 valence electrons. The van der Waals surface area contributed by atoms with Crippen LogP contribution in [0.4, 0.5) is 0 Å². The SMILES string of the molecule is CCn1cc(CNC(=O)c2ccn(Cn3nc(C)c(Br)c3C)n2)c(C)n1. The minimum absolute atomic E-state index is 0.207. The number of amides is 1. The molecule has 0 bridgehead atoms. The van der Waals surface area contributed by atoms with Crippen molar-refractivity contribution < 1.29 is 4.79 Å². The van der Waals surface area contributed by atoms with E-state index in [0.29, 0.717) is 18.9 Å². The predicted octanol–water partition coefficient (Wildman–Crippen LogP) is 2.42. The molecular formula is C17H22BrN7O. The van der Waals surface area contributed by atoms with Gasteiger partial charge in [0.25, 0.3) is 5.91 Å². The van der Waals surface area contributed by atoms with Crippen molar-refractivity contribution in [1.82, 2.24) is 34.7 Å². The maximum Gasteiger partial charge on any atom is 0.272 e. The lowest BCUT2D eigenvalue weighted by Gasteiger charge is -2.05. The summed E-state index contributed by atoms with van der Waals surface area (Å²) in [6.07, 6.45) is 3.73. The second-order valence-corrected chi connectivity index (χ2v) is 6.94. The highest BCUT2D eigenvalue weighted by Gasteiger charge is 2.13. The summed E-state index contributed by atoms with van der Waals surface area (Å²) in [5, 5.41) is 16.1. The molecule has 3 aromatic rings. The van der Waals surface area contributed by atoms with Crippen molar-refractivity contribution in [1.29, 1.82) is 0 Å². The summed E-state index contributed by atoms with van der Waals surface area (Å²) in [5.41, 5.74) is 4.26. The lowest BCUT2D eigenvalue weighted by atomic mass is 10.2. The molecule has 3 aromatic heterocycles. The largest absolute Gasteiger partial charge is 0.346 e. The van der Waals surface area contributed by atoms with Crippen molar-refractivity contribution in [2.75, 3.05) is 0 Å². The zero-order chi connectivity index (χ0) is 18.8. The van der Waals surface area contributed by atoms with Crippen LogP contribution in [0.3, 0.4) is 0 Å². The van der Waals surface area contributed by atoms with Crippen LogP contribution in [0.25, 0.3) is 0 Å². The summed E-state index contributed by atoms with van der Waals surface area (Å²) >= 11 is 3.51. The molecule has 0 aromatic carbocycles. The van der Waals surface area contributed by atoms with E-state index in [1.807, 2.05) is 43.3 Å². The van der Waals surface area contributed by atoms with Gasteiger partial charge in [-0.05, 0) is 49.7 Å². The molecule has 9 heteroatoms. The standard InChI is InChI=1S/C17H22BrN7O/c1-5-23-9-14(11(2)20-23)8-19-17(26)15-6-7-24(22-15)10-25-13(4)16(18)12(3)21-25/h6-7,9H,5,8,10H2,1-4H3,(H,19,26). The van der Waals surface area contributed by atoms with Crippen molar-refractivity contribution >= 4 is 21.8 Å². The summed E-state index contributed by atoms with van der Waals surface area (Å²) in [5.74, 6) is -0.207. The second kappa shape index (κ2) is 7.45. The van der Waals surface area contributed by atoms with E-state index in [4.69, 9.17) is 0 Å². The van der Waals surface area contributed by atoms with Crippen LogP contribution < -0.4 is 5.32 Å². The Hall–Kier alpha value is -2.42. The first-order chi connectivity index (χ1) is 12.4. The van der Waals surface area contributed by atoms with Gasteiger partial charge in [0.1, 0.15) is 12.4 Å². The first kappa shape index (κ1) is 18.4. The van der Waals surface area contributed by atoms with Crippen LogP contribution in [-0.4, -0.2) is 35.2 Å². The predicted molar refractivity (Wildman–Crippen MR) is 101 cm³/mol. The van der Waals surface area contributed by atoms with Gasteiger partial charge in [0, 0.05) is 31.0 Å². The van der Waals surface area contributed by atoms with E-state index in [-0.39, 0.29) is 5.91 Å². The number of carbonyl (C=O) groups is 1. The van der Waals surface area contributed by atoms with Crippen LogP contribution >= 0.6 is 15.9 Å². The summed E-state index contributed by atoms with van der Waals surface area (Å²) in [6.45, 7) is 9.59. The van der Waals surface area contributed by atoms with Crippen molar-refractivity contribution in [3.05, 3.63) is 51.3 Å². The summed E-state index contributed by atoms with van der Waals surface area (Å²) in [4.78, 5) is 12.4. The third-order valence-electron chi connectivity index (χ3n) is 4.26. The Bertz CT molecular complexity index is 937. The number of aromatic nitrogens is 6. The molecule has 1 N–H and O–H groups in total. The summed E-state index contributed by atoms with van der Waals surface area (Å²) in [7, 11) is 0. The highest BCUT2D eigenvalue weighted by molar-refractivity contribution is 9.10. The molecule has 26 heavy (non-hydrogen) atoms. The lowest BCUT2D eigenvalue weighted by Crippen LogP contribution is -2.24. The van der Waals surface area contributed by atoms with E-state index in [2.05, 4.69) is 36.5 Å². The van der Waals surface area contributed by atoms with Gasteiger partial charge in [-0.15, -0.1) is 0 Å². The average molecular weight is 420 g/mol. The number of hydrogen-bond acceptors (Lipinski definition) is 4. The van der Waals surface area contributed by atoms with Crippen molar-refractivity contribution in [2.45, 2.75) is 47.5 Å². The molecule has 8 nitrogen and oxygen atoms in total. The number of carbonyl (C=O) groups excluding carboxylic acids is 1. The molecule has 0 saturated heterocycles. The number of aryl methyl sites for hydroxylation is 3. The Kier molecular flexibility index (Phi) is 5.26. The Morgan fingerprint density at radius 3 is 2.54 bits per heavy atom. The Labute approximate surface area is 160 Å². The number of nitrogens with one attached hydrogen (secondary N) is 1. The maximum absolute atomic E-state index is 12.4. The van der Waals surface area contributed by atoms with E-state index in [1.54, 1.807) is 16.9 Å². The molecule has 0 saturated carbocycles. The number of nitrogens with zero attached hydrogens (tertiary/aromatic N) is 6. The van der Waals surface area contributed by atoms with Gasteiger partial charge in [0.05, 0.1) is 21.6 Å². The first-order valence-corrected chi connectivity index (χ1v) is 9.22. The zero-order valence-corrected chi connectivity index (χ0v) is 16.9. The molecule has 0 atom stereocenters. The molecule has 3 rings (SSSR count). The molecule has 0 spiro atoms. The highest BCUT2D eigenvalue weighted by Crippen LogP contribution is 2.19. The summed E-state index contributed by atoms with van der Waals surface area (Å²) in [6, 6.07) is 1.71. The minimum atomic E-state index is -0.207. The van der Waals surface area contributed by atoms with Crippen molar-refractivity contribution in [3.8, 4) is 0 Å². The van der Waals surface area contributed by atoms with E-state index >= 15 is 0 Å². The van der Waals surface area contributed by atoms with Gasteiger partial charge in [-0.2, -0.15) is 15.3 Å². The van der Waals surface area contributed by atoms with Gasteiger partial charge < -0.3 is 5.32 Å². The quantitative estimate of drug-likeness (QED) is 0.664. The molecule has 0 radical (unpaired) electrons. The molecule has 0 aliphatic rings. The smallest absolute Gasteiger partial charge is 0.272 e. The number of halogens is 1. The van der Waals surface area contributed by atoms with Gasteiger partial charge in [0.15, 0.2) is 0 Å². The van der Waals surface area contributed by atoms with E-state index in [1.165, 1.54) is 0 Å². The molecule has 3 heterocycles. The molecule has 0 fully saturated rings. The van der Waals surface area contributed by atoms with Crippen LogP contribution in [0.1, 0.15) is 40.1 Å². The minimum Gasteiger partial charge on any atom is -0.346 e. The number of rotatable bonds is 6. The normalized spacial score (nSPS) is 11.1. The van der Waals surface area contributed by atoms with Crippen molar-refractivity contribution in [3.63, 3.8) is 0 Å². The third-order valence-corrected chi connectivity index (χ3v) is 5.40.